The Kier molecular flexibility index (Phi) is 3.42. The Labute approximate surface area is 110 Å². The van der Waals surface area contributed by atoms with E-state index in [0.717, 1.165) is 16.8 Å². The highest BCUT2D eigenvalue weighted by atomic mass is 14.6. The third-order valence-corrected chi connectivity index (χ3v) is 3.71. The van der Waals surface area contributed by atoms with Crippen molar-refractivity contribution in [1.29, 1.82) is 0 Å². The maximum absolute atomic E-state index is 6.34. The summed E-state index contributed by atoms with van der Waals surface area (Å²) in [5.74, 6) is 0.460. The fourth-order valence-electron chi connectivity index (χ4n) is 2.43. The highest BCUT2D eigenvalue weighted by molar-refractivity contribution is 5.85. The Bertz CT molecular complexity index is 560. The molecule has 0 saturated heterocycles. The van der Waals surface area contributed by atoms with Gasteiger partial charge in [0.15, 0.2) is 0 Å². The SMILES string of the molecule is C/C=C\c1c(C)c(C)c2c(c1N)C=CC(C)C=C2. The summed E-state index contributed by atoms with van der Waals surface area (Å²) in [6, 6.07) is 0. The quantitative estimate of drug-likeness (QED) is 0.712. The molecule has 1 heteroatoms. The summed E-state index contributed by atoms with van der Waals surface area (Å²) in [5.41, 5.74) is 13.4. The number of benzene rings is 1. The third kappa shape index (κ3) is 2.01. The number of hydrogen-bond acceptors (Lipinski definition) is 1. The van der Waals surface area contributed by atoms with Crippen molar-refractivity contribution in [2.75, 3.05) is 5.73 Å². The van der Waals surface area contributed by atoms with Crippen LogP contribution in [0.1, 0.15) is 41.7 Å². The average molecular weight is 239 g/mol. The summed E-state index contributed by atoms with van der Waals surface area (Å²) < 4.78 is 0. The molecule has 1 atom stereocenters. The molecule has 1 unspecified atom stereocenters. The van der Waals surface area contributed by atoms with Gasteiger partial charge in [-0.1, -0.05) is 43.4 Å². The van der Waals surface area contributed by atoms with Crippen molar-refractivity contribution in [2.24, 2.45) is 5.92 Å². The van der Waals surface area contributed by atoms with E-state index >= 15 is 0 Å². The molecule has 1 aliphatic rings. The topological polar surface area (TPSA) is 26.0 Å². The summed E-state index contributed by atoms with van der Waals surface area (Å²) >= 11 is 0. The van der Waals surface area contributed by atoms with E-state index in [-0.39, 0.29) is 0 Å². The van der Waals surface area contributed by atoms with Crippen molar-refractivity contribution >= 4 is 23.9 Å². The Morgan fingerprint density at radius 3 is 2.28 bits per heavy atom. The zero-order valence-corrected chi connectivity index (χ0v) is 11.6. The van der Waals surface area contributed by atoms with E-state index in [2.05, 4.69) is 51.2 Å². The Morgan fingerprint density at radius 2 is 1.67 bits per heavy atom. The Morgan fingerprint density at radius 1 is 1.06 bits per heavy atom. The molecule has 1 aromatic rings. The largest absolute Gasteiger partial charge is 0.398 e. The molecule has 0 heterocycles. The maximum atomic E-state index is 6.34. The number of nitrogen functional groups attached to an aromatic ring is 1. The fourth-order valence-corrected chi connectivity index (χ4v) is 2.43. The predicted molar refractivity (Wildman–Crippen MR) is 82.3 cm³/mol. The van der Waals surface area contributed by atoms with Crippen LogP contribution in [0.5, 0.6) is 0 Å². The van der Waals surface area contributed by atoms with Gasteiger partial charge in [0, 0.05) is 16.8 Å². The van der Waals surface area contributed by atoms with Gasteiger partial charge in [0.05, 0.1) is 0 Å². The standard InChI is InChI=1S/C17H21N/c1-5-6-15-13(4)12(3)14-9-7-11(2)8-10-16(14)17(15)18/h5-11H,18H2,1-4H3/b6-5-. The molecule has 0 fully saturated rings. The second-order valence-corrected chi connectivity index (χ2v) is 4.98. The zero-order chi connectivity index (χ0) is 13.3. The van der Waals surface area contributed by atoms with Crippen LogP contribution in [-0.4, -0.2) is 0 Å². The second kappa shape index (κ2) is 4.85. The molecular weight excluding hydrogens is 218 g/mol. The lowest BCUT2D eigenvalue weighted by Crippen LogP contribution is -2.02. The van der Waals surface area contributed by atoms with E-state index in [1.165, 1.54) is 16.7 Å². The van der Waals surface area contributed by atoms with E-state index in [4.69, 9.17) is 5.73 Å². The molecule has 0 aromatic heterocycles. The summed E-state index contributed by atoms with van der Waals surface area (Å²) in [4.78, 5) is 0. The third-order valence-electron chi connectivity index (χ3n) is 3.71. The number of anilines is 1. The molecule has 0 saturated carbocycles. The molecule has 2 rings (SSSR count). The monoisotopic (exact) mass is 239 g/mol. The molecule has 0 spiro atoms. The molecule has 18 heavy (non-hydrogen) atoms. The lowest BCUT2D eigenvalue weighted by Gasteiger charge is -2.16. The van der Waals surface area contributed by atoms with E-state index < -0.39 is 0 Å². The van der Waals surface area contributed by atoms with Gasteiger partial charge in [-0.05, 0) is 43.4 Å². The first-order chi connectivity index (χ1) is 8.56. The van der Waals surface area contributed by atoms with Crippen molar-refractivity contribution in [1.82, 2.24) is 0 Å². The van der Waals surface area contributed by atoms with Gasteiger partial charge in [0.2, 0.25) is 0 Å². The van der Waals surface area contributed by atoms with Crippen LogP contribution in [0.25, 0.3) is 18.2 Å². The van der Waals surface area contributed by atoms with Crippen molar-refractivity contribution in [3.05, 3.63) is 46.0 Å². The minimum atomic E-state index is 0.460. The second-order valence-electron chi connectivity index (χ2n) is 4.98. The number of fused-ring (bicyclic) bond motifs is 1. The van der Waals surface area contributed by atoms with Crippen molar-refractivity contribution in [3.63, 3.8) is 0 Å². The van der Waals surface area contributed by atoms with Crippen molar-refractivity contribution < 1.29 is 0 Å². The number of allylic oxidation sites excluding steroid dienone is 3. The van der Waals surface area contributed by atoms with E-state index in [9.17, 15) is 0 Å². The van der Waals surface area contributed by atoms with Gasteiger partial charge >= 0.3 is 0 Å². The number of hydrogen-bond donors (Lipinski definition) is 1. The van der Waals surface area contributed by atoms with Crippen LogP contribution in [0.2, 0.25) is 0 Å². The molecule has 94 valence electrons. The zero-order valence-electron chi connectivity index (χ0n) is 11.6. The van der Waals surface area contributed by atoms with Gasteiger partial charge < -0.3 is 5.73 Å². The van der Waals surface area contributed by atoms with Gasteiger partial charge in [0.1, 0.15) is 0 Å². The summed E-state index contributed by atoms with van der Waals surface area (Å²) in [7, 11) is 0. The molecule has 1 aromatic carbocycles. The molecule has 0 bridgehead atoms. The first kappa shape index (κ1) is 12.7. The van der Waals surface area contributed by atoms with Crippen molar-refractivity contribution in [2.45, 2.75) is 27.7 Å². The van der Waals surface area contributed by atoms with E-state index in [1.807, 2.05) is 13.0 Å². The van der Waals surface area contributed by atoms with Crippen LogP contribution >= 0.6 is 0 Å². The van der Waals surface area contributed by atoms with Gasteiger partial charge in [-0.15, -0.1) is 0 Å². The van der Waals surface area contributed by atoms with Crippen LogP contribution in [0.4, 0.5) is 5.69 Å². The summed E-state index contributed by atoms with van der Waals surface area (Å²) in [6.45, 7) is 8.53. The molecule has 0 radical (unpaired) electrons. The van der Waals surface area contributed by atoms with Crippen molar-refractivity contribution in [3.8, 4) is 0 Å². The molecule has 1 aliphatic carbocycles. The molecule has 0 amide bonds. The Hall–Kier alpha value is -1.76. The van der Waals surface area contributed by atoms with Gasteiger partial charge in [-0.2, -0.15) is 0 Å². The normalized spacial score (nSPS) is 18.1. The lowest BCUT2D eigenvalue weighted by molar-refractivity contribution is 0.954. The molecule has 0 aliphatic heterocycles. The highest BCUT2D eigenvalue weighted by Crippen LogP contribution is 2.34. The number of rotatable bonds is 1. The predicted octanol–water partition coefficient (Wildman–Crippen LogP) is 4.59. The minimum absolute atomic E-state index is 0.460. The Balaban J connectivity index is 2.79. The number of nitrogens with two attached hydrogens (primary N) is 1. The van der Waals surface area contributed by atoms with Gasteiger partial charge in [-0.3, -0.25) is 0 Å². The van der Waals surface area contributed by atoms with Crippen LogP contribution in [0.3, 0.4) is 0 Å². The average Bonchev–Trinajstić information content (AvgIpc) is 2.54. The van der Waals surface area contributed by atoms with E-state index in [1.54, 1.807) is 0 Å². The molecular formula is C17H21N. The van der Waals surface area contributed by atoms with Gasteiger partial charge in [-0.25, -0.2) is 0 Å². The minimum Gasteiger partial charge on any atom is -0.398 e. The van der Waals surface area contributed by atoms with E-state index in [0.29, 0.717) is 5.92 Å². The van der Waals surface area contributed by atoms with Crippen LogP contribution in [0.15, 0.2) is 18.2 Å². The smallest absolute Gasteiger partial charge is 0.0470 e. The van der Waals surface area contributed by atoms with Crippen LogP contribution in [-0.2, 0) is 0 Å². The summed E-state index contributed by atoms with van der Waals surface area (Å²) in [5, 5.41) is 0. The first-order valence-electron chi connectivity index (χ1n) is 6.48. The van der Waals surface area contributed by atoms with Gasteiger partial charge in [0.25, 0.3) is 0 Å². The van der Waals surface area contributed by atoms with Crippen LogP contribution < -0.4 is 5.73 Å². The first-order valence-corrected chi connectivity index (χ1v) is 6.48. The molecule has 1 nitrogen and oxygen atoms in total. The summed E-state index contributed by atoms with van der Waals surface area (Å²) in [6.07, 6.45) is 12.9. The lowest BCUT2D eigenvalue weighted by atomic mass is 9.90. The fraction of sp³-hybridized carbons (Fsp3) is 0.294. The van der Waals surface area contributed by atoms with Crippen LogP contribution in [0, 0.1) is 19.8 Å². The highest BCUT2D eigenvalue weighted by Gasteiger charge is 2.14. The molecule has 2 N–H and O–H groups in total. The maximum Gasteiger partial charge on any atom is 0.0470 e.